The highest BCUT2D eigenvalue weighted by Crippen LogP contribution is 2.17. The van der Waals surface area contributed by atoms with Crippen LogP contribution in [-0.4, -0.2) is 37.2 Å². The van der Waals surface area contributed by atoms with Gasteiger partial charge in [0.15, 0.2) is 6.10 Å². The van der Waals surface area contributed by atoms with Crippen LogP contribution in [0.25, 0.3) is 0 Å². The minimum absolute atomic E-state index is 0.0780. The summed E-state index contributed by atoms with van der Waals surface area (Å²) in [5, 5.41) is 0. The molecule has 83 heavy (non-hydrogen) atoms. The number of unbranched alkanes of at least 4 members (excludes halogenated alkanes) is 38. The molecule has 0 N–H and O–H groups in total. The van der Waals surface area contributed by atoms with E-state index in [4.69, 9.17) is 14.2 Å². The van der Waals surface area contributed by atoms with Gasteiger partial charge in [0.1, 0.15) is 13.2 Å². The summed E-state index contributed by atoms with van der Waals surface area (Å²) in [5.74, 6) is -0.871. The van der Waals surface area contributed by atoms with Crippen LogP contribution in [0.4, 0.5) is 0 Å². The third-order valence-corrected chi connectivity index (χ3v) is 15.6. The van der Waals surface area contributed by atoms with Gasteiger partial charge in [0.05, 0.1) is 0 Å². The van der Waals surface area contributed by atoms with Crippen LogP contribution in [0.5, 0.6) is 0 Å². The second kappa shape index (κ2) is 70.8. The van der Waals surface area contributed by atoms with Crippen molar-refractivity contribution in [3.63, 3.8) is 0 Å². The van der Waals surface area contributed by atoms with E-state index < -0.39 is 6.10 Å². The van der Waals surface area contributed by atoms with Gasteiger partial charge in [0, 0.05) is 19.3 Å². The van der Waals surface area contributed by atoms with Gasteiger partial charge in [-0.2, -0.15) is 0 Å². The van der Waals surface area contributed by atoms with Crippen LogP contribution in [0.1, 0.15) is 355 Å². The molecule has 0 saturated heterocycles. The molecule has 1 atom stereocenters. The maximum absolute atomic E-state index is 13.0. The lowest BCUT2D eigenvalue weighted by Gasteiger charge is -2.18. The summed E-state index contributed by atoms with van der Waals surface area (Å²) in [6.07, 6.45) is 95.7. The number of carbonyl (C=O) groups excluding carboxylic acids is 3. The Labute approximate surface area is 515 Å². The molecule has 0 aromatic rings. The Bertz CT molecular complexity index is 1610. The van der Waals surface area contributed by atoms with Crippen LogP contribution < -0.4 is 0 Å². The number of carbonyl (C=O) groups is 3. The van der Waals surface area contributed by atoms with Gasteiger partial charge in [-0.3, -0.25) is 14.4 Å². The molecule has 0 saturated carbocycles. The topological polar surface area (TPSA) is 78.9 Å². The van der Waals surface area contributed by atoms with Crippen LogP contribution in [0, 0.1) is 0 Å². The summed E-state index contributed by atoms with van der Waals surface area (Å²) >= 11 is 0. The predicted molar refractivity (Wildman–Crippen MR) is 362 cm³/mol. The van der Waals surface area contributed by atoms with Crippen LogP contribution in [0.2, 0.25) is 0 Å². The van der Waals surface area contributed by atoms with Gasteiger partial charge in [-0.05, 0) is 103 Å². The quantitative estimate of drug-likeness (QED) is 0.0261. The molecule has 0 heterocycles. The molecule has 0 aliphatic carbocycles. The molecular formula is C77H134O6. The maximum atomic E-state index is 13.0. The first kappa shape index (κ1) is 79.3. The maximum Gasteiger partial charge on any atom is 0.306 e. The average molecular weight is 1160 g/mol. The van der Waals surface area contributed by atoms with Gasteiger partial charge in [-0.15, -0.1) is 0 Å². The van der Waals surface area contributed by atoms with Crippen molar-refractivity contribution in [2.45, 2.75) is 361 Å². The molecule has 0 aliphatic heterocycles. The largest absolute Gasteiger partial charge is 0.462 e. The first-order chi connectivity index (χ1) is 41.0. The van der Waals surface area contributed by atoms with Crippen molar-refractivity contribution in [2.24, 2.45) is 0 Å². The minimum atomic E-state index is -0.784. The van der Waals surface area contributed by atoms with Crippen LogP contribution in [0.15, 0.2) is 97.2 Å². The molecule has 6 nitrogen and oxygen atoms in total. The standard InChI is InChI=1S/C77H134O6/c1-4-7-10-13-16-19-22-25-28-31-34-35-36-37-38-39-40-41-42-43-44-47-49-52-55-58-61-64-67-70-76(79)82-73-74(83-77(80)71-68-65-62-59-56-53-50-46-33-30-27-24-21-18-15-12-9-6-3)72-81-75(78)69-66-63-60-57-54-51-48-45-32-29-26-23-20-17-14-11-8-5-2/h7,10,16,19,21,24-25,28,30,33-35,37-38,40-41,74H,4-6,8-9,11-15,17-18,20,22-23,26-27,29,31-32,36,39,42-73H2,1-3H3/b10-7-,19-16-,24-21-,28-25-,33-30-,35-34-,38-37-,41-40-. The molecule has 0 bridgehead atoms. The van der Waals surface area contributed by atoms with E-state index >= 15 is 0 Å². The number of hydrogen-bond donors (Lipinski definition) is 0. The smallest absolute Gasteiger partial charge is 0.306 e. The zero-order valence-electron chi connectivity index (χ0n) is 54.9. The fourth-order valence-corrected chi connectivity index (χ4v) is 10.2. The third kappa shape index (κ3) is 69.0. The molecule has 0 rings (SSSR count). The average Bonchev–Trinajstić information content (AvgIpc) is 3.49. The van der Waals surface area contributed by atoms with Crippen molar-refractivity contribution in [3.8, 4) is 0 Å². The van der Waals surface area contributed by atoms with E-state index in [2.05, 4.69) is 118 Å². The Morgan fingerprint density at radius 2 is 0.470 bits per heavy atom. The number of hydrogen-bond acceptors (Lipinski definition) is 6. The number of ether oxygens (including phenoxy) is 3. The minimum Gasteiger partial charge on any atom is -0.462 e. The normalized spacial score (nSPS) is 12.7. The van der Waals surface area contributed by atoms with Gasteiger partial charge >= 0.3 is 17.9 Å². The summed E-state index contributed by atoms with van der Waals surface area (Å²) in [6, 6.07) is 0. The van der Waals surface area contributed by atoms with Crippen molar-refractivity contribution < 1.29 is 28.6 Å². The number of esters is 3. The molecule has 1 unspecified atom stereocenters. The summed E-state index contributed by atoms with van der Waals surface area (Å²) in [4.78, 5) is 38.5. The van der Waals surface area contributed by atoms with E-state index in [9.17, 15) is 14.4 Å². The van der Waals surface area contributed by atoms with E-state index in [0.29, 0.717) is 19.3 Å². The van der Waals surface area contributed by atoms with Crippen molar-refractivity contribution >= 4 is 17.9 Å². The summed E-state index contributed by atoms with van der Waals surface area (Å²) in [5.41, 5.74) is 0. The highest BCUT2D eigenvalue weighted by molar-refractivity contribution is 5.71. The zero-order chi connectivity index (χ0) is 59.9. The van der Waals surface area contributed by atoms with Crippen LogP contribution in [-0.2, 0) is 28.6 Å². The second-order valence-corrected chi connectivity index (χ2v) is 23.8. The number of allylic oxidation sites excluding steroid dienone is 16. The van der Waals surface area contributed by atoms with E-state index in [0.717, 1.165) is 109 Å². The molecule has 0 spiro atoms. The molecule has 0 aliphatic rings. The highest BCUT2D eigenvalue weighted by Gasteiger charge is 2.19. The molecule has 0 radical (unpaired) electrons. The molecule has 6 heteroatoms. The van der Waals surface area contributed by atoms with Gasteiger partial charge in [-0.25, -0.2) is 0 Å². The van der Waals surface area contributed by atoms with E-state index in [1.54, 1.807) is 0 Å². The lowest BCUT2D eigenvalue weighted by Crippen LogP contribution is -2.30. The van der Waals surface area contributed by atoms with Gasteiger partial charge in [0.2, 0.25) is 0 Å². The van der Waals surface area contributed by atoms with Crippen molar-refractivity contribution in [3.05, 3.63) is 97.2 Å². The van der Waals surface area contributed by atoms with Gasteiger partial charge in [-0.1, -0.05) is 330 Å². The predicted octanol–water partition coefficient (Wildman–Crippen LogP) is 24.8. The SMILES string of the molecule is CC/C=C\C/C=C\C/C=C\C/C=C\C/C=C\C/C=C\CCCCCCCCCCCCC(=O)OCC(COC(=O)CCCCCCCCCCCCCCCCCCCC)OC(=O)CCCCCCCCC/C=C\C/C=C\CCCCCC. The second-order valence-electron chi connectivity index (χ2n) is 23.8. The van der Waals surface area contributed by atoms with Crippen molar-refractivity contribution in [1.82, 2.24) is 0 Å². The molecule has 478 valence electrons. The fraction of sp³-hybridized carbons (Fsp3) is 0.753. The van der Waals surface area contributed by atoms with E-state index in [1.165, 1.54) is 205 Å². The van der Waals surface area contributed by atoms with E-state index in [1.807, 2.05) is 0 Å². The Kier molecular flexibility index (Phi) is 67.7. The fourth-order valence-electron chi connectivity index (χ4n) is 10.2. The third-order valence-electron chi connectivity index (χ3n) is 15.6. The summed E-state index contributed by atoms with van der Waals surface area (Å²) < 4.78 is 17.0. The van der Waals surface area contributed by atoms with Gasteiger partial charge < -0.3 is 14.2 Å². The van der Waals surface area contributed by atoms with Crippen molar-refractivity contribution in [2.75, 3.05) is 13.2 Å². The molecule has 0 aromatic heterocycles. The molecule has 0 aromatic carbocycles. The molecule has 0 amide bonds. The Morgan fingerprint density at radius 3 is 0.747 bits per heavy atom. The number of rotatable bonds is 65. The highest BCUT2D eigenvalue weighted by atomic mass is 16.6. The van der Waals surface area contributed by atoms with Crippen molar-refractivity contribution in [1.29, 1.82) is 0 Å². The summed E-state index contributed by atoms with van der Waals surface area (Å²) in [6.45, 7) is 6.55. The van der Waals surface area contributed by atoms with Crippen LogP contribution >= 0.6 is 0 Å². The first-order valence-corrected chi connectivity index (χ1v) is 35.7. The molecule has 0 fully saturated rings. The van der Waals surface area contributed by atoms with Gasteiger partial charge in [0.25, 0.3) is 0 Å². The monoisotopic (exact) mass is 1160 g/mol. The lowest BCUT2D eigenvalue weighted by atomic mass is 10.0. The Hall–Kier alpha value is -3.67. The Balaban J connectivity index is 4.33. The van der Waals surface area contributed by atoms with E-state index in [-0.39, 0.29) is 31.1 Å². The first-order valence-electron chi connectivity index (χ1n) is 35.7. The summed E-state index contributed by atoms with van der Waals surface area (Å²) in [7, 11) is 0. The van der Waals surface area contributed by atoms with Crippen LogP contribution in [0.3, 0.4) is 0 Å². The lowest BCUT2D eigenvalue weighted by molar-refractivity contribution is -0.167. The molecular weight excluding hydrogens is 1020 g/mol. The Morgan fingerprint density at radius 1 is 0.253 bits per heavy atom. The zero-order valence-corrected chi connectivity index (χ0v) is 54.9.